The number of hydrogen-bond acceptors (Lipinski definition) is 3. The minimum Gasteiger partial charge on any atom is -0.478 e. The summed E-state index contributed by atoms with van der Waals surface area (Å²) in [4.78, 5) is 11.1. The average Bonchev–Trinajstić information content (AvgIpc) is 2.91. The Bertz CT molecular complexity index is 485. The summed E-state index contributed by atoms with van der Waals surface area (Å²) >= 11 is 0. The lowest BCUT2D eigenvalue weighted by atomic mass is 10.0. The highest BCUT2D eigenvalue weighted by atomic mass is 19.1. The van der Waals surface area contributed by atoms with Crippen LogP contribution in [-0.2, 0) is 0 Å². The second-order valence-electron chi connectivity index (χ2n) is 5.41. The van der Waals surface area contributed by atoms with Crippen LogP contribution in [0.5, 0.6) is 0 Å². The zero-order chi connectivity index (χ0) is 14.5. The third-order valence-electron chi connectivity index (χ3n) is 3.99. The molecule has 0 radical (unpaired) electrons. The van der Waals surface area contributed by atoms with E-state index in [0.29, 0.717) is 12.2 Å². The Balaban J connectivity index is 1.91. The van der Waals surface area contributed by atoms with Gasteiger partial charge in [-0.05, 0) is 30.9 Å². The molecule has 4 nitrogen and oxygen atoms in total. The van der Waals surface area contributed by atoms with Crippen LogP contribution < -0.4 is 11.1 Å². The molecule has 0 bridgehead atoms. The number of carbonyl (C=O) groups is 1. The molecule has 110 valence electrons. The highest BCUT2D eigenvalue weighted by Gasteiger charge is 2.18. The van der Waals surface area contributed by atoms with Crippen LogP contribution in [0.1, 0.15) is 48.9 Å². The van der Waals surface area contributed by atoms with Crippen LogP contribution in [0, 0.1) is 11.7 Å². The predicted octanol–water partition coefficient (Wildman–Crippen LogP) is 3.49. The van der Waals surface area contributed by atoms with Crippen molar-refractivity contribution < 1.29 is 14.3 Å². The highest BCUT2D eigenvalue weighted by Crippen LogP contribution is 2.29. The summed E-state index contributed by atoms with van der Waals surface area (Å²) in [5.74, 6) is -1.09. The Hall–Kier alpha value is -1.78. The number of nitrogens with one attached hydrogen (secondary N) is 1. The maximum absolute atomic E-state index is 13.3. The third-order valence-corrected chi connectivity index (χ3v) is 3.99. The van der Waals surface area contributed by atoms with Crippen molar-refractivity contribution in [3.63, 3.8) is 0 Å². The number of rotatable bonds is 6. The molecular formula is C15H21FN2O2. The molecule has 2 rings (SSSR count). The maximum Gasteiger partial charge on any atom is 0.340 e. The fraction of sp³-hybridized carbons (Fsp3) is 0.533. The van der Waals surface area contributed by atoms with Gasteiger partial charge in [0.05, 0.1) is 11.4 Å². The molecule has 4 N–H and O–H groups in total. The second-order valence-corrected chi connectivity index (χ2v) is 5.41. The van der Waals surface area contributed by atoms with Crippen LogP contribution in [0.2, 0.25) is 0 Å². The first-order valence-corrected chi connectivity index (χ1v) is 7.14. The topological polar surface area (TPSA) is 75.3 Å². The zero-order valence-electron chi connectivity index (χ0n) is 11.5. The highest BCUT2D eigenvalue weighted by molar-refractivity contribution is 6.00. The number of hydrogen-bond donors (Lipinski definition) is 3. The fourth-order valence-electron chi connectivity index (χ4n) is 2.88. The molecule has 5 heteroatoms. The Morgan fingerprint density at radius 1 is 1.40 bits per heavy atom. The van der Waals surface area contributed by atoms with Crippen LogP contribution in [0.4, 0.5) is 15.8 Å². The van der Waals surface area contributed by atoms with Crippen molar-refractivity contribution in [3.05, 3.63) is 23.5 Å². The molecule has 0 spiro atoms. The summed E-state index contributed by atoms with van der Waals surface area (Å²) in [6.45, 7) is 0.682. The number of aromatic carboxylic acids is 1. The van der Waals surface area contributed by atoms with E-state index in [0.717, 1.165) is 18.8 Å². The van der Waals surface area contributed by atoms with Gasteiger partial charge in [-0.1, -0.05) is 25.7 Å². The molecular weight excluding hydrogens is 259 g/mol. The van der Waals surface area contributed by atoms with Gasteiger partial charge in [0.25, 0.3) is 0 Å². The van der Waals surface area contributed by atoms with Crippen molar-refractivity contribution in [1.29, 1.82) is 0 Å². The van der Waals surface area contributed by atoms with E-state index in [1.807, 2.05) is 0 Å². The molecule has 1 fully saturated rings. The SMILES string of the molecule is Nc1c(F)ccc(NCCCC2CCCC2)c1C(=O)O. The second kappa shape index (κ2) is 6.59. The molecule has 1 aliphatic rings. The molecule has 0 unspecified atom stereocenters. The van der Waals surface area contributed by atoms with E-state index in [1.54, 1.807) is 0 Å². The van der Waals surface area contributed by atoms with Gasteiger partial charge in [0.15, 0.2) is 0 Å². The summed E-state index contributed by atoms with van der Waals surface area (Å²) in [5.41, 5.74) is 5.40. The van der Waals surface area contributed by atoms with E-state index < -0.39 is 11.8 Å². The van der Waals surface area contributed by atoms with E-state index in [-0.39, 0.29) is 11.3 Å². The molecule has 0 atom stereocenters. The first-order chi connectivity index (χ1) is 9.59. The van der Waals surface area contributed by atoms with E-state index in [2.05, 4.69) is 5.32 Å². The number of nitrogen functional groups attached to an aromatic ring is 1. The molecule has 20 heavy (non-hydrogen) atoms. The van der Waals surface area contributed by atoms with Gasteiger partial charge < -0.3 is 16.2 Å². The van der Waals surface area contributed by atoms with Gasteiger partial charge in [-0.25, -0.2) is 9.18 Å². The number of nitrogens with two attached hydrogens (primary N) is 1. The molecule has 0 amide bonds. The van der Waals surface area contributed by atoms with Crippen molar-refractivity contribution in [2.24, 2.45) is 5.92 Å². The van der Waals surface area contributed by atoms with E-state index in [4.69, 9.17) is 10.8 Å². The number of carboxylic acid groups (broad SMARTS) is 1. The largest absolute Gasteiger partial charge is 0.478 e. The molecule has 1 aliphatic carbocycles. The third kappa shape index (κ3) is 3.40. The maximum atomic E-state index is 13.3. The lowest BCUT2D eigenvalue weighted by molar-refractivity contribution is 0.0698. The zero-order valence-corrected chi connectivity index (χ0v) is 11.5. The van der Waals surface area contributed by atoms with Crippen LogP contribution in [0.25, 0.3) is 0 Å². The normalized spacial score (nSPS) is 15.4. The van der Waals surface area contributed by atoms with Crippen LogP contribution in [-0.4, -0.2) is 17.6 Å². The summed E-state index contributed by atoms with van der Waals surface area (Å²) in [6.07, 6.45) is 7.42. The molecule has 0 aromatic heterocycles. The summed E-state index contributed by atoms with van der Waals surface area (Å²) in [5, 5.41) is 12.2. The molecule has 0 saturated heterocycles. The minimum atomic E-state index is -1.21. The predicted molar refractivity (Wildman–Crippen MR) is 77.5 cm³/mol. The standard InChI is InChI=1S/C15H21FN2O2/c16-11-7-8-12(13(14(11)17)15(19)20)18-9-3-6-10-4-1-2-5-10/h7-8,10,18H,1-6,9,17H2,(H,19,20). The monoisotopic (exact) mass is 280 g/mol. The van der Waals surface area contributed by atoms with E-state index in [9.17, 15) is 9.18 Å². The van der Waals surface area contributed by atoms with Crippen molar-refractivity contribution in [1.82, 2.24) is 0 Å². The van der Waals surface area contributed by atoms with Gasteiger partial charge in [0, 0.05) is 6.54 Å². The number of anilines is 2. The average molecular weight is 280 g/mol. The van der Waals surface area contributed by atoms with Gasteiger partial charge in [0.1, 0.15) is 11.4 Å². The van der Waals surface area contributed by atoms with Crippen LogP contribution >= 0.6 is 0 Å². The molecule has 1 aromatic rings. The van der Waals surface area contributed by atoms with Gasteiger partial charge >= 0.3 is 5.97 Å². The van der Waals surface area contributed by atoms with Crippen LogP contribution in [0.3, 0.4) is 0 Å². The van der Waals surface area contributed by atoms with Gasteiger partial charge in [0.2, 0.25) is 0 Å². The number of halogens is 1. The first-order valence-electron chi connectivity index (χ1n) is 7.14. The van der Waals surface area contributed by atoms with Crippen LogP contribution in [0.15, 0.2) is 12.1 Å². The van der Waals surface area contributed by atoms with Crippen molar-refractivity contribution in [2.45, 2.75) is 38.5 Å². The lowest BCUT2D eigenvalue weighted by Gasteiger charge is -2.13. The number of benzene rings is 1. The Morgan fingerprint density at radius 3 is 2.75 bits per heavy atom. The summed E-state index contributed by atoms with van der Waals surface area (Å²) < 4.78 is 13.3. The summed E-state index contributed by atoms with van der Waals surface area (Å²) in [7, 11) is 0. The van der Waals surface area contributed by atoms with Gasteiger partial charge in [-0.3, -0.25) is 0 Å². The van der Waals surface area contributed by atoms with Gasteiger partial charge in [-0.15, -0.1) is 0 Å². The smallest absolute Gasteiger partial charge is 0.340 e. The minimum absolute atomic E-state index is 0.175. The van der Waals surface area contributed by atoms with Gasteiger partial charge in [-0.2, -0.15) is 0 Å². The molecule has 1 saturated carbocycles. The fourth-order valence-corrected chi connectivity index (χ4v) is 2.88. The van der Waals surface area contributed by atoms with Crippen molar-refractivity contribution >= 4 is 17.3 Å². The molecule has 0 aliphatic heterocycles. The van der Waals surface area contributed by atoms with Crippen molar-refractivity contribution in [2.75, 3.05) is 17.6 Å². The summed E-state index contributed by atoms with van der Waals surface area (Å²) in [6, 6.07) is 2.63. The molecule has 0 heterocycles. The Labute approximate surface area is 118 Å². The van der Waals surface area contributed by atoms with E-state index >= 15 is 0 Å². The van der Waals surface area contributed by atoms with E-state index in [1.165, 1.54) is 37.8 Å². The Kier molecular flexibility index (Phi) is 4.82. The number of carboxylic acids is 1. The Morgan fingerprint density at radius 2 is 2.10 bits per heavy atom. The first kappa shape index (κ1) is 14.6. The lowest BCUT2D eigenvalue weighted by Crippen LogP contribution is -2.12. The molecule has 1 aromatic carbocycles. The quantitative estimate of drug-likeness (QED) is 0.551. The van der Waals surface area contributed by atoms with Crippen molar-refractivity contribution in [3.8, 4) is 0 Å².